The fourth-order valence-corrected chi connectivity index (χ4v) is 4.24. The molecule has 2 aromatic rings. The maximum atomic E-state index is 13.4. The first-order valence-corrected chi connectivity index (χ1v) is 11.8. The van der Waals surface area contributed by atoms with Gasteiger partial charge in [0.2, 0.25) is 0 Å². The molecule has 1 aliphatic rings. The zero-order valence-corrected chi connectivity index (χ0v) is 18.3. The Balaban J connectivity index is 1.71. The molecule has 0 saturated carbocycles. The van der Waals surface area contributed by atoms with Crippen molar-refractivity contribution in [2.75, 3.05) is 17.7 Å². The van der Waals surface area contributed by atoms with Crippen LogP contribution in [0.25, 0.3) is 0 Å². The lowest BCUT2D eigenvalue weighted by atomic mass is 10.0. The van der Waals surface area contributed by atoms with Crippen LogP contribution in [0.4, 0.5) is 10.2 Å². The number of rotatable bonds is 6. The first-order valence-electron chi connectivity index (χ1n) is 9.51. The molecule has 6 nitrogen and oxygen atoms in total. The molecule has 1 fully saturated rings. The average molecular weight is 452 g/mol. The van der Waals surface area contributed by atoms with Gasteiger partial charge in [-0.3, -0.25) is 4.79 Å². The van der Waals surface area contributed by atoms with Crippen molar-refractivity contribution < 1.29 is 17.6 Å². The lowest BCUT2D eigenvalue weighted by molar-refractivity contribution is 0.0946. The summed E-state index contributed by atoms with van der Waals surface area (Å²) in [6.45, 7) is 2.47. The summed E-state index contributed by atoms with van der Waals surface area (Å²) in [7, 11) is -3.25. The predicted octanol–water partition coefficient (Wildman–Crippen LogP) is 3.89. The summed E-state index contributed by atoms with van der Waals surface area (Å²) < 4.78 is 35.8. The van der Waals surface area contributed by atoms with E-state index in [1.54, 1.807) is 25.1 Å². The first kappa shape index (κ1) is 22.2. The number of hydrogen-bond donors (Lipinski definition) is 1. The molecule has 1 N–H and O–H groups in total. The van der Waals surface area contributed by atoms with Crippen LogP contribution >= 0.6 is 11.6 Å². The molecule has 1 aromatic heterocycles. The maximum absolute atomic E-state index is 13.4. The van der Waals surface area contributed by atoms with Gasteiger partial charge in [0.05, 0.1) is 11.6 Å². The molecular formula is C21H23ClFN3O3S. The molecule has 3 rings (SSSR count). The Morgan fingerprint density at radius 2 is 2.13 bits per heavy atom. The molecule has 0 unspecified atom stereocenters. The van der Waals surface area contributed by atoms with Gasteiger partial charge in [-0.25, -0.2) is 17.8 Å². The highest BCUT2D eigenvalue weighted by molar-refractivity contribution is 7.93. The summed E-state index contributed by atoms with van der Waals surface area (Å²) in [6.07, 6.45) is 5.81. The van der Waals surface area contributed by atoms with Gasteiger partial charge >= 0.3 is 0 Å². The molecule has 0 spiro atoms. The second-order valence-corrected chi connectivity index (χ2v) is 9.68. The van der Waals surface area contributed by atoms with Crippen molar-refractivity contribution >= 4 is 33.2 Å². The third kappa shape index (κ3) is 5.58. The number of halogens is 2. The molecular weight excluding hydrogens is 429 g/mol. The van der Waals surface area contributed by atoms with Crippen molar-refractivity contribution in [1.29, 1.82) is 0 Å². The second kappa shape index (κ2) is 9.14. The summed E-state index contributed by atoms with van der Waals surface area (Å²) in [5.74, 6) is -0.0129. The van der Waals surface area contributed by atoms with Crippen molar-refractivity contribution in [1.82, 2.24) is 10.3 Å². The van der Waals surface area contributed by atoms with E-state index >= 15 is 0 Å². The molecule has 1 saturated heterocycles. The fraction of sp³-hybridized carbons (Fsp3) is 0.333. The zero-order valence-electron chi connectivity index (χ0n) is 16.7. The average Bonchev–Trinajstić information content (AvgIpc) is 3.15. The molecule has 0 aliphatic carbocycles. The number of benzene rings is 1. The Labute approximate surface area is 180 Å². The topological polar surface area (TPSA) is 79.4 Å². The van der Waals surface area contributed by atoms with Crippen LogP contribution in [0.1, 0.15) is 41.7 Å². The van der Waals surface area contributed by atoms with Crippen LogP contribution in [0.2, 0.25) is 5.02 Å². The van der Waals surface area contributed by atoms with E-state index in [1.165, 1.54) is 24.4 Å². The maximum Gasteiger partial charge on any atom is 0.253 e. The Bertz CT molecular complexity index is 1060. The standard InChI is InChI=1S/C21H23ClFN3O3S/c1-14(9-11-30(2,28)29)25-21(27)15-5-8-20(24-13-15)26-10-3-4-19(26)17-7-6-16(23)12-18(17)22/h5-9,11-14,19H,3-4,10H2,1-2H3,(H,25,27)/b11-9+/t14-,19+/m1/s1. The van der Waals surface area contributed by atoms with Gasteiger partial charge in [0.15, 0.2) is 9.84 Å². The third-order valence-electron chi connectivity index (χ3n) is 4.85. The largest absolute Gasteiger partial charge is 0.350 e. The Hall–Kier alpha value is -2.45. The number of nitrogens with zero attached hydrogens (tertiary/aromatic N) is 2. The van der Waals surface area contributed by atoms with Gasteiger partial charge in [0.25, 0.3) is 5.91 Å². The van der Waals surface area contributed by atoms with Crippen LogP contribution in [-0.2, 0) is 9.84 Å². The van der Waals surface area contributed by atoms with E-state index in [2.05, 4.69) is 15.2 Å². The second-order valence-electron chi connectivity index (χ2n) is 7.34. The van der Waals surface area contributed by atoms with Crippen LogP contribution in [0.5, 0.6) is 0 Å². The smallest absolute Gasteiger partial charge is 0.253 e. The number of sulfone groups is 1. The lowest BCUT2D eigenvalue weighted by Crippen LogP contribution is -2.31. The molecule has 2 heterocycles. The number of carbonyl (C=O) groups is 1. The SMILES string of the molecule is C[C@H](/C=C/S(C)(=O)=O)NC(=O)c1ccc(N2CCC[C@H]2c2ccc(F)cc2Cl)nc1. The number of nitrogens with one attached hydrogen (secondary N) is 1. The summed E-state index contributed by atoms with van der Waals surface area (Å²) in [5.41, 5.74) is 1.22. The molecule has 0 radical (unpaired) electrons. The lowest BCUT2D eigenvalue weighted by Gasteiger charge is -2.27. The minimum absolute atomic E-state index is 0.00794. The van der Waals surface area contributed by atoms with Crippen LogP contribution in [0, 0.1) is 5.82 Å². The van der Waals surface area contributed by atoms with E-state index in [9.17, 15) is 17.6 Å². The molecule has 160 valence electrons. The van der Waals surface area contributed by atoms with E-state index in [-0.39, 0.29) is 17.8 Å². The molecule has 1 aliphatic heterocycles. The number of anilines is 1. The summed E-state index contributed by atoms with van der Waals surface area (Å²) in [4.78, 5) is 18.9. The molecule has 9 heteroatoms. The number of amides is 1. The summed E-state index contributed by atoms with van der Waals surface area (Å²) in [5, 5.41) is 4.16. The van der Waals surface area contributed by atoms with Crippen LogP contribution in [0.3, 0.4) is 0 Å². The summed E-state index contributed by atoms with van der Waals surface area (Å²) >= 11 is 6.25. The van der Waals surface area contributed by atoms with Crippen molar-refractivity contribution in [3.63, 3.8) is 0 Å². The number of carbonyl (C=O) groups excluding carboxylic acids is 1. The van der Waals surface area contributed by atoms with Gasteiger partial charge in [0, 0.05) is 35.5 Å². The van der Waals surface area contributed by atoms with Crippen LogP contribution in [-0.4, -0.2) is 38.2 Å². The molecule has 1 aromatic carbocycles. The van der Waals surface area contributed by atoms with Gasteiger partial charge in [-0.15, -0.1) is 0 Å². The van der Waals surface area contributed by atoms with Crippen molar-refractivity contribution in [2.45, 2.75) is 31.8 Å². The molecule has 0 bridgehead atoms. The first-order chi connectivity index (χ1) is 14.1. The van der Waals surface area contributed by atoms with Crippen LogP contribution < -0.4 is 10.2 Å². The Morgan fingerprint density at radius 1 is 1.37 bits per heavy atom. The minimum atomic E-state index is -3.25. The van der Waals surface area contributed by atoms with Gasteiger partial charge in [-0.2, -0.15) is 0 Å². The van der Waals surface area contributed by atoms with Gasteiger partial charge in [0.1, 0.15) is 11.6 Å². The monoisotopic (exact) mass is 451 g/mol. The highest BCUT2D eigenvalue weighted by Crippen LogP contribution is 2.38. The van der Waals surface area contributed by atoms with E-state index in [0.29, 0.717) is 16.4 Å². The third-order valence-corrected chi connectivity index (χ3v) is 5.83. The zero-order chi connectivity index (χ0) is 21.9. The molecule has 2 atom stereocenters. The molecule has 1 amide bonds. The highest BCUT2D eigenvalue weighted by atomic mass is 35.5. The highest BCUT2D eigenvalue weighted by Gasteiger charge is 2.29. The fourth-order valence-electron chi connectivity index (χ4n) is 3.43. The minimum Gasteiger partial charge on any atom is -0.350 e. The Kier molecular flexibility index (Phi) is 6.77. The quantitative estimate of drug-likeness (QED) is 0.720. The van der Waals surface area contributed by atoms with Gasteiger partial charge in [-0.05, 0) is 49.6 Å². The predicted molar refractivity (Wildman–Crippen MR) is 116 cm³/mol. The Morgan fingerprint density at radius 3 is 2.77 bits per heavy atom. The van der Waals surface area contributed by atoms with Crippen LogP contribution in [0.15, 0.2) is 48.0 Å². The van der Waals surface area contributed by atoms with Gasteiger partial charge < -0.3 is 10.2 Å². The molecule has 30 heavy (non-hydrogen) atoms. The van der Waals surface area contributed by atoms with Crippen molar-refractivity contribution in [2.24, 2.45) is 0 Å². The number of hydrogen-bond acceptors (Lipinski definition) is 5. The normalized spacial score (nSPS) is 18.0. The van der Waals surface area contributed by atoms with E-state index in [4.69, 9.17) is 11.6 Å². The van der Waals surface area contributed by atoms with Crippen molar-refractivity contribution in [3.8, 4) is 0 Å². The van der Waals surface area contributed by atoms with Crippen molar-refractivity contribution in [3.05, 3.63) is 70.0 Å². The summed E-state index contributed by atoms with van der Waals surface area (Å²) in [6, 6.07) is 7.40. The van der Waals surface area contributed by atoms with E-state index in [0.717, 1.165) is 36.6 Å². The van der Waals surface area contributed by atoms with E-state index in [1.807, 2.05) is 0 Å². The number of aromatic nitrogens is 1. The number of pyridine rings is 1. The van der Waals surface area contributed by atoms with Gasteiger partial charge in [-0.1, -0.05) is 23.7 Å². The van der Waals surface area contributed by atoms with E-state index < -0.39 is 15.9 Å².